The first-order chi connectivity index (χ1) is 10.1. The van der Waals surface area contributed by atoms with E-state index in [1.807, 2.05) is 4.90 Å². The van der Waals surface area contributed by atoms with E-state index in [-0.39, 0.29) is 23.1 Å². The summed E-state index contributed by atoms with van der Waals surface area (Å²) >= 11 is 0. The van der Waals surface area contributed by atoms with Crippen molar-refractivity contribution in [2.45, 2.75) is 51.9 Å². The molecule has 2 rings (SSSR count). The fourth-order valence-corrected chi connectivity index (χ4v) is 3.32. The number of rotatable bonds is 6. The molecule has 0 spiro atoms. The molecule has 3 N–H and O–H groups in total. The summed E-state index contributed by atoms with van der Waals surface area (Å²) in [5.41, 5.74) is 5.53. The number of hydrogen-bond acceptors (Lipinski definition) is 3. The molecule has 0 bridgehead atoms. The largest absolute Gasteiger partial charge is 0.356 e. The van der Waals surface area contributed by atoms with Crippen molar-refractivity contribution in [3.8, 4) is 0 Å². The van der Waals surface area contributed by atoms with Crippen molar-refractivity contribution in [1.29, 1.82) is 0 Å². The SMILES string of the molecule is CCCCNC(=O)C1CCN(C(=O)C2(CN)CCC2)CC1. The number of carbonyl (C=O) groups excluding carboxylic acids is 2. The highest BCUT2D eigenvalue weighted by Crippen LogP contribution is 2.42. The van der Waals surface area contributed by atoms with Crippen LogP contribution in [0.2, 0.25) is 0 Å². The number of piperidine rings is 1. The molecule has 0 aromatic rings. The maximum absolute atomic E-state index is 12.6. The maximum Gasteiger partial charge on any atom is 0.230 e. The standard InChI is InChI=1S/C16H29N3O2/c1-2-3-9-18-14(20)13-5-10-19(11-6-13)15(21)16(12-17)7-4-8-16/h13H,2-12,17H2,1H3,(H,18,20). The van der Waals surface area contributed by atoms with Gasteiger partial charge in [-0.3, -0.25) is 9.59 Å². The molecule has 1 heterocycles. The Labute approximate surface area is 127 Å². The van der Waals surface area contributed by atoms with Gasteiger partial charge in [0.15, 0.2) is 0 Å². The second-order valence-corrected chi connectivity index (χ2v) is 6.55. The molecule has 2 fully saturated rings. The van der Waals surface area contributed by atoms with Crippen molar-refractivity contribution >= 4 is 11.8 Å². The summed E-state index contributed by atoms with van der Waals surface area (Å²) in [5, 5.41) is 3.00. The van der Waals surface area contributed by atoms with Gasteiger partial charge in [0, 0.05) is 32.1 Å². The number of nitrogens with two attached hydrogens (primary N) is 1. The third kappa shape index (κ3) is 3.57. The van der Waals surface area contributed by atoms with E-state index in [2.05, 4.69) is 12.2 Å². The summed E-state index contributed by atoms with van der Waals surface area (Å²) < 4.78 is 0. The van der Waals surface area contributed by atoms with Crippen molar-refractivity contribution in [1.82, 2.24) is 10.2 Å². The zero-order valence-corrected chi connectivity index (χ0v) is 13.2. The number of nitrogens with one attached hydrogen (secondary N) is 1. The Kier molecular flexibility index (Phi) is 5.62. The number of likely N-dealkylation sites (tertiary alicyclic amines) is 1. The van der Waals surface area contributed by atoms with E-state index in [0.717, 1.165) is 51.5 Å². The third-order valence-electron chi connectivity index (χ3n) is 5.14. The second kappa shape index (κ2) is 7.25. The van der Waals surface area contributed by atoms with Crippen LogP contribution in [-0.2, 0) is 9.59 Å². The molecule has 0 radical (unpaired) electrons. The van der Waals surface area contributed by atoms with Crippen molar-refractivity contribution in [3.05, 3.63) is 0 Å². The van der Waals surface area contributed by atoms with E-state index >= 15 is 0 Å². The minimum Gasteiger partial charge on any atom is -0.356 e. The molecule has 0 aromatic heterocycles. The molecule has 1 aliphatic carbocycles. The lowest BCUT2D eigenvalue weighted by Gasteiger charge is -2.44. The first kappa shape index (κ1) is 16.3. The Morgan fingerprint density at radius 2 is 1.95 bits per heavy atom. The summed E-state index contributed by atoms with van der Waals surface area (Å²) in [4.78, 5) is 26.5. The normalized spacial score (nSPS) is 21.7. The predicted molar refractivity (Wildman–Crippen MR) is 82.6 cm³/mol. The zero-order valence-electron chi connectivity index (χ0n) is 13.2. The Morgan fingerprint density at radius 1 is 1.29 bits per heavy atom. The fourth-order valence-electron chi connectivity index (χ4n) is 3.32. The molecule has 0 atom stereocenters. The van der Waals surface area contributed by atoms with Gasteiger partial charge in [-0.05, 0) is 32.1 Å². The second-order valence-electron chi connectivity index (χ2n) is 6.55. The van der Waals surface area contributed by atoms with Crippen LogP contribution in [0.4, 0.5) is 0 Å². The highest BCUT2D eigenvalue weighted by atomic mass is 16.2. The number of hydrogen-bond donors (Lipinski definition) is 2. The smallest absolute Gasteiger partial charge is 0.230 e. The average molecular weight is 295 g/mol. The molecule has 5 heteroatoms. The van der Waals surface area contributed by atoms with Crippen molar-refractivity contribution < 1.29 is 9.59 Å². The lowest BCUT2D eigenvalue weighted by Crippen LogP contribution is -2.54. The Morgan fingerprint density at radius 3 is 2.43 bits per heavy atom. The first-order valence-electron chi connectivity index (χ1n) is 8.40. The van der Waals surface area contributed by atoms with E-state index < -0.39 is 0 Å². The van der Waals surface area contributed by atoms with E-state index in [1.54, 1.807) is 0 Å². The lowest BCUT2D eigenvalue weighted by atomic mass is 9.67. The third-order valence-corrected chi connectivity index (χ3v) is 5.14. The van der Waals surface area contributed by atoms with E-state index in [1.165, 1.54) is 0 Å². The quantitative estimate of drug-likeness (QED) is 0.725. The van der Waals surface area contributed by atoms with E-state index in [0.29, 0.717) is 19.6 Å². The summed E-state index contributed by atoms with van der Waals surface area (Å²) in [5.74, 6) is 0.454. The minimum absolute atomic E-state index is 0.0705. The number of amides is 2. The first-order valence-corrected chi connectivity index (χ1v) is 8.40. The molecule has 0 aromatic carbocycles. The Balaban J connectivity index is 1.77. The Hall–Kier alpha value is -1.10. The lowest BCUT2D eigenvalue weighted by molar-refractivity contribution is -0.149. The van der Waals surface area contributed by atoms with Crippen molar-refractivity contribution in [2.24, 2.45) is 17.1 Å². The minimum atomic E-state index is -0.282. The summed E-state index contributed by atoms with van der Waals surface area (Å²) in [6.07, 6.45) is 6.66. The van der Waals surface area contributed by atoms with Gasteiger partial charge < -0.3 is 16.0 Å². The highest BCUT2D eigenvalue weighted by molar-refractivity contribution is 5.84. The van der Waals surface area contributed by atoms with Crippen LogP contribution in [-0.4, -0.2) is 42.9 Å². The average Bonchev–Trinajstić information content (AvgIpc) is 2.47. The van der Waals surface area contributed by atoms with Crippen LogP contribution in [0.15, 0.2) is 0 Å². The molecule has 1 aliphatic heterocycles. The molecule has 1 saturated carbocycles. The van der Waals surface area contributed by atoms with Crippen LogP contribution < -0.4 is 11.1 Å². The van der Waals surface area contributed by atoms with Gasteiger partial charge in [-0.25, -0.2) is 0 Å². The fraction of sp³-hybridized carbons (Fsp3) is 0.875. The number of nitrogens with zero attached hydrogens (tertiary/aromatic N) is 1. The topological polar surface area (TPSA) is 75.4 Å². The van der Waals surface area contributed by atoms with Gasteiger partial charge in [0.1, 0.15) is 0 Å². The molecule has 1 saturated heterocycles. The highest BCUT2D eigenvalue weighted by Gasteiger charge is 2.45. The van der Waals surface area contributed by atoms with Crippen LogP contribution >= 0.6 is 0 Å². The zero-order chi connectivity index (χ0) is 15.3. The summed E-state index contributed by atoms with van der Waals surface area (Å²) in [6, 6.07) is 0. The molecule has 5 nitrogen and oxygen atoms in total. The van der Waals surface area contributed by atoms with Gasteiger partial charge >= 0.3 is 0 Å². The van der Waals surface area contributed by atoms with Crippen LogP contribution in [0, 0.1) is 11.3 Å². The van der Waals surface area contributed by atoms with Crippen LogP contribution in [0.1, 0.15) is 51.9 Å². The molecule has 0 unspecified atom stereocenters. The molecule has 21 heavy (non-hydrogen) atoms. The van der Waals surface area contributed by atoms with E-state index in [9.17, 15) is 9.59 Å². The van der Waals surface area contributed by atoms with Gasteiger partial charge in [-0.15, -0.1) is 0 Å². The van der Waals surface area contributed by atoms with Crippen molar-refractivity contribution in [3.63, 3.8) is 0 Å². The molecular weight excluding hydrogens is 266 g/mol. The van der Waals surface area contributed by atoms with Gasteiger partial charge in [0.05, 0.1) is 5.41 Å². The van der Waals surface area contributed by atoms with Gasteiger partial charge in [0.25, 0.3) is 0 Å². The van der Waals surface area contributed by atoms with Crippen LogP contribution in [0.25, 0.3) is 0 Å². The molecule has 120 valence electrons. The summed E-state index contributed by atoms with van der Waals surface area (Å²) in [6.45, 7) is 4.75. The number of unbranched alkanes of at least 4 members (excludes halogenated alkanes) is 1. The van der Waals surface area contributed by atoms with Gasteiger partial charge in [0.2, 0.25) is 11.8 Å². The van der Waals surface area contributed by atoms with Crippen LogP contribution in [0.3, 0.4) is 0 Å². The van der Waals surface area contributed by atoms with Crippen molar-refractivity contribution in [2.75, 3.05) is 26.2 Å². The molecule has 2 aliphatic rings. The van der Waals surface area contributed by atoms with E-state index in [4.69, 9.17) is 5.73 Å². The van der Waals surface area contributed by atoms with Crippen LogP contribution in [0.5, 0.6) is 0 Å². The summed E-state index contributed by atoms with van der Waals surface area (Å²) in [7, 11) is 0. The van der Waals surface area contributed by atoms with Gasteiger partial charge in [-0.2, -0.15) is 0 Å². The Bertz CT molecular complexity index is 366. The molecule has 2 amide bonds. The van der Waals surface area contributed by atoms with Gasteiger partial charge in [-0.1, -0.05) is 19.8 Å². The maximum atomic E-state index is 12.6. The predicted octanol–water partition coefficient (Wildman–Crippen LogP) is 1.27. The monoisotopic (exact) mass is 295 g/mol. The number of carbonyl (C=O) groups is 2. The molecular formula is C16H29N3O2.